The van der Waals surface area contributed by atoms with Crippen LogP contribution < -0.4 is 16.4 Å². The van der Waals surface area contributed by atoms with E-state index in [1.165, 1.54) is 12.1 Å². The summed E-state index contributed by atoms with van der Waals surface area (Å²) in [6, 6.07) is 2.78. The fourth-order valence-electron chi connectivity index (χ4n) is 3.47. The average molecular weight is 389 g/mol. The third kappa shape index (κ3) is 2.90. The van der Waals surface area contributed by atoms with Gasteiger partial charge < -0.3 is 4.98 Å². The predicted molar refractivity (Wildman–Crippen MR) is 99.1 cm³/mol. The van der Waals surface area contributed by atoms with Gasteiger partial charge in [0.2, 0.25) is 10.0 Å². The maximum Gasteiger partial charge on any atom is 0.329 e. The minimum Gasteiger partial charge on any atom is -0.307 e. The lowest BCUT2D eigenvalue weighted by Gasteiger charge is -2.17. The number of H-pyrrole nitrogens is 1. The molecular formula is C17H19N5O4S. The van der Waals surface area contributed by atoms with Gasteiger partial charge in [-0.25, -0.2) is 18.4 Å². The van der Waals surface area contributed by atoms with Gasteiger partial charge in [0.15, 0.2) is 0 Å². The van der Waals surface area contributed by atoms with Crippen molar-refractivity contribution in [1.29, 1.82) is 0 Å². The molecular weight excluding hydrogens is 370 g/mol. The molecule has 1 aliphatic rings. The topological polar surface area (TPSA) is 133 Å². The second-order valence-corrected chi connectivity index (χ2v) is 8.84. The Balaban J connectivity index is 2.06. The number of hydrogen-bond donors (Lipinski definition) is 2. The summed E-state index contributed by atoms with van der Waals surface area (Å²) < 4.78 is 26.9. The van der Waals surface area contributed by atoms with Crippen LogP contribution in [0.2, 0.25) is 0 Å². The summed E-state index contributed by atoms with van der Waals surface area (Å²) in [6.07, 6.45) is 4.77. The summed E-state index contributed by atoms with van der Waals surface area (Å²) in [4.78, 5) is 28.3. The van der Waals surface area contributed by atoms with E-state index in [2.05, 4.69) is 10.1 Å². The molecule has 1 fully saturated rings. The van der Waals surface area contributed by atoms with Crippen LogP contribution in [0, 0.1) is 0 Å². The van der Waals surface area contributed by atoms with Gasteiger partial charge in [0.05, 0.1) is 28.5 Å². The molecule has 0 radical (unpaired) electrons. The van der Waals surface area contributed by atoms with Gasteiger partial charge in [-0.05, 0) is 36.0 Å². The highest BCUT2D eigenvalue weighted by Gasteiger charge is 2.44. The van der Waals surface area contributed by atoms with Gasteiger partial charge in [-0.3, -0.25) is 14.0 Å². The van der Waals surface area contributed by atoms with E-state index in [1.807, 2.05) is 6.92 Å². The molecule has 27 heavy (non-hydrogen) atoms. The van der Waals surface area contributed by atoms with Gasteiger partial charge in [0, 0.05) is 18.8 Å². The molecule has 0 aliphatic heterocycles. The van der Waals surface area contributed by atoms with Crippen molar-refractivity contribution in [2.75, 3.05) is 0 Å². The third-order valence-electron chi connectivity index (χ3n) is 5.12. The van der Waals surface area contributed by atoms with Crippen LogP contribution >= 0.6 is 0 Å². The number of rotatable bonds is 4. The van der Waals surface area contributed by atoms with E-state index in [0.717, 1.165) is 17.4 Å². The maximum absolute atomic E-state index is 13.2. The first-order chi connectivity index (χ1) is 12.6. The number of fused-ring (bicyclic) bond motifs is 1. The van der Waals surface area contributed by atoms with Crippen molar-refractivity contribution in [2.24, 2.45) is 12.2 Å². The molecule has 0 spiro atoms. The number of nitrogens with two attached hydrogens (primary N) is 1. The summed E-state index contributed by atoms with van der Waals surface area (Å²) in [5, 5.41) is 9.64. The van der Waals surface area contributed by atoms with Gasteiger partial charge in [-0.15, -0.1) is 0 Å². The Bertz CT molecular complexity index is 1300. The van der Waals surface area contributed by atoms with Crippen molar-refractivity contribution in [3.63, 3.8) is 0 Å². The fraction of sp³-hybridized carbons (Fsp3) is 0.353. The lowest BCUT2D eigenvalue weighted by Crippen LogP contribution is -2.36. The molecule has 1 saturated carbocycles. The molecule has 2 aromatic heterocycles. The first-order valence-corrected chi connectivity index (χ1v) is 9.95. The number of hydrogen-bond acceptors (Lipinski definition) is 5. The number of nitrogens with one attached hydrogen (secondary N) is 1. The summed E-state index contributed by atoms with van der Waals surface area (Å²) in [6.45, 7) is 1.93. The Morgan fingerprint density at radius 1 is 1.30 bits per heavy atom. The SMILES string of the molecule is Cn1cc(Cn2c(=O)[nH]c3ccc(S(N)(=O)=O)c(C4(C)CC4)c3c2=O)cn1. The molecule has 1 aromatic carbocycles. The zero-order chi connectivity index (χ0) is 19.6. The molecule has 0 bridgehead atoms. The smallest absolute Gasteiger partial charge is 0.307 e. The molecule has 3 aromatic rings. The summed E-state index contributed by atoms with van der Waals surface area (Å²) in [5.74, 6) is 0. The minimum absolute atomic E-state index is 0.0354. The first-order valence-electron chi connectivity index (χ1n) is 8.41. The number of sulfonamides is 1. The number of nitrogens with zero attached hydrogens (tertiary/aromatic N) is 3. The van der Waals surface area contributed by atoms with Crippen LogP contribution in [0.3, 0.4) is 0 Å². The minimum atomic E-state index is -4.02. The number of aromatic amines is 1. The van der Waals surface area contributed by atoms with Crippen LogP contribution in [0.15, 0.2) is 39.0 Å². The van der Waals surface area contributed by atoms with E-state index in [-0.39, 0.29) is 16.8 Å². The molecule has 2 heterocycles. The number of aromatic nitrogens is 4. The van der Waals surface area contributed by atoms with Crippen LogP contribution in [0.4, 0.5) is 0 Å². The lowest BCUT2D eigenvalue weighted by atomic mass is 9.94. The quantitative estimate of drug-likeness (QED) is 0.656. The second kappa shape index (κ2) is 5.64. The van der Waals surface area contributed by atoms with E-state index in [9.17, 15) is 18.0 Å². The number of benzene rings is 1. The Labute approximate surface area is 154 Å². The van der Waals surface area contributed by atoms with Crippen molar-refractivity contribution in [3.05, 3.63) is 56.5 Å². The van der Waals surface area contributed by atoms with Crippen LogP contribution in [-0.2, 0) is 29.0 Å². The highest BCUT2D eigenvalue weighted by molar-refractivity contribution is 7.89. The molecule has 3 N–H and O–H groups in total. The van der Waals surface area contributed by atoms with E-state index >= 15 is 0 Å². The third-order valence-corrected chi connectivity index (χ3v) is 6.08. The Kier molecular flexibility index (Phi) is 3.69. The first kappa shape index (κ1) is 17.7. The highest BCUT2D eigenvalue weighted by atomic mass is 32.2. The Hall–Kier alpha value is -2.72. The largest absolute Gasteiger partial charge is 0.329 e. The van der Waals surface area contributed by atoms with Gasteiger partial charge in [0.25, 0.3) is 5.56 Å². The van der Waals surface area contributed by atoms with E-state index in [1.54, 1.807) is 24.1 Å². The van der Waals surface area contributed by atoms with Crippen molar-refractivity contribution in [2.45, 2.75) is 36.6 Å². The molecule has 10 heteroatoms. The van der Waals surface area contributed by atoms with E-state index in [4.69, 9.17) is 5.14 Å². The average Bonchev–Trinajstić information content (AvgIpc) is 3.19. The molecule has 0 saturated heterocycles. The highest BCUT2D eigenvalue weighted by Crippen LogP contribution is 2.51. The molecule has 4 rings (SSSR count). The van der Waals surface area contributed by atoms with Crippen molar-refractivity contribution in [1.82, 2.24) is 19.3 Å². The van der Waals surface area contributed by atoms with Crippen LogP contribution in [0.25, 0.3) is 10.9 Å². The van der Waals surface area contributed by atoms with Gasteiger partial charge in [-0.1, -0.05) is 6.92 Å². The standard InChI is InChI=1S/C17H19N5O4S/c1-17(5-6-17)14-12(27(18,25)26)4-3-11-13(14)15(23)22(16(24)20-11)9-10-7-19-21(2)8-10/h3-4,7-8H,5-6,9H2,1-2H3,(H,20,24)(H2,18,25,26). The fourth-order valence-corrected chi connectivity index (χ4v) is 4.36. The van der Waals surface area contributed by atoms with E-state index < -0.39 is 26.7 Å². The number of aryl methyl sites for hydroxylation is 1. The zero-order valence-electron chi connectivity index (χ0n) is 14.9. The lowest BCUT2D eigenvalue weighted by molar-refractivity contribution is 0.594. The van der Waals surface area contributed by atoms with Crippen molar-refractivity contribution in [3.8, 4) is 0 Å². The summed E-state index contributed by atoms with van der Waals surface area (Å²) >= 11 is 0. The monoisotopic (exact) mass is 389 g/mol. The predicted octanol–water partition coefficient (Wildman–Crippen LogP) is 0.171. The van der Waals surface area contributed by atoms with Gasteiger partial charge in [-0.2, -0.15) is 5.10 Å². The Morgan fingerprint density at radius 2 is 2.00 bits per heavy atom. The van der Waals surface area contributed by atoms with Crippen molar-refractivity contribution >= 4 is 20.9 Å². The molecule has 0 amide bonds. The van der Waals surface area contributed by atoms with Crippen molar-refractivity contribution < 1.29 is 8.42 Å². The molecule has 142 valence electrons. The van der Waals surface area contributed by atoms with Gasteiger partial charge in [0.1, 0.15) is 0 Å². The Morgan fingerprint density at radius 3 is 2.56 bits per heavy atom. The van der Waals surface area contributed by atoms with Gasteiger partial charge >= 0.3 is 5.69 Å². The van der Waals surface area contributed by atoms with E-state index in [0.29, 0.717) is 16.6 Å². The summed E-state index contributed by atoms with van der Waals surface area (Å²) in [5.41, 5.74) is -0.166. The maximum atomic E-state index is 13.2. The number of primary sulfonamides is 1. The second-order valence-electron chi connectivity index (χ2n) is 7.31. The molecule has 0 unspecified atom stereocenters. The molecule has 0 atom stereocenters. The molecule has 1 aliphatic carbocycles. The summed E-state index contributed by atoms with van der Waals surface area (Å²) in [7, 11) is -2.28. The zero-order valence-corrected chi connectivity index (χ0v) is 15.7. The van der Waals surface area contributed by atoms with Crippen LogP contribution in [0.5, 0.6) is 0 Å². The van der Waals surface area contributed by atoms with Crippen LogP contribution in [-0.4, -0.2) is 27.7 Å². The molecule has 9 nitrogen and oxygen atoms in total. The van der Waals surface area contributed by atoms with Crippen LogP contribution in [0.1, 0.15) is 30.9 Å². The normalized spacial score (nSPS) is 16.0.